The largest absolute Gasteiger partial charge is 0.389 e. The standard InChI is InChI=1S/C13H25F3N2O2/c1-12(9-17,5-4-6-13(14,15)16)18-7-10(19-2)11(8-18)20-3/h10-11H,4-9,17H2,1-3H3. The number of likely N-dealkylation sites (tertiary alicyclic amines) is 1. The van der Waals surface area contributed by atoms with Crippen LogP contribution in [0.15, 0.2) is 0 Å². The lowest BCUT2D eigenvalue weighted by atomic mass is 9.93. The van der Waals surface area contributed by atoms with E-state index in [0.29, 0.717) is 26.1 Å². The Kier molecular flexibility index (Phi) is 6.25. The molecule has 1 rings (SSSR count). The van der Waals surface area contributed by atoms with Crippen molar-refractivity contribution in [2.45, 2.75) is 50.1 Å². The van der Waals surface area contributed by atoms with Gasteiger partial charge in [-0.2, -0.15) is 13.2 Å². The number of nitrogens with zero attached hydrogens (tertiary/aromatic N) is 1. The minimum Gasteiger partial charge on any atom is -0.377 e. The summed E-state index contributed by atoms with van der Waals surface area (Å²) in [6.07, 6.45) is -4.50. The van der Waals surface area contributed by atoms with Crippen LogP contribution in [-0.4, -0.2) is 62.7 Å². The highest BCUT2D eigenvalue weighted by molar-refractivity contribution is 4.96. The van der Waals surface area contributed by atoms with Crippen molar-refractivity contribution in [3.05, 3.63) is 0 Å². The summed E-state index contributed by atoms with van der Waals surface area (Å²) in [5.41, 5.74) is 5.36. The summed E-state index contributed by atoms with van der Waals surface area (Å²) < 4.78 is 47.5. The van der Waals surface area contributed by atoms with E-state index >= 15 is 0 Å². The van der Waals surface area contributed by atoms with E-state index in [-0.39, 0.29) is 18.6 Å². The van der Waals surface area contributed by atoms with Crippen molar-refractivity contribution in [3.8, 4) is 0 Å². The van der Waals surface area contributed by atoms with Crippen molar-refractivity contribution in [2.24, 2.45) is 5.73 Å². The second kappa shape index (κ2) is 7.06. The summed E-state index contributed by atoms with van der Waals surface area (Å²) in [6, 6.07) is 0. The molecule has 0 aliphatic carbocycles. The predicted octanol–water partition coefficient (Wildman–Crippen LogP) is 1.78. The first-order chi connectivity index (χ1) is 9.25. The van der Waals surface area contributed by atoms with Crippen LogP contribution in [0.2, 0.25) is 0 Å². The van der Waals surface area contributed by atoms with E-state index < -0.39 is 18.1 Å². The van der Waals surface area contributed by atoms with Gasteiger partial charge in [0.15, 0.2) is 0 Å². The van der Waals surface area contributed by atoms with Gasteiger partial charge in [-0.15, -0.1) is 0 Å². The number of methoxy groups -OCH3 is 2. The lowest BCUT2D eigenvalue weighted by Gasteiger charge is -2.38. The van der Waals surface area contributed by atoms with Crippen LogP contribution in [0.3, 0.4) is 0 Å². The van der Waals surface area contributed by atoms with Gasteiger partial charge in [0.1, 0.15) is 0 Å². The zero-order valence-electron chi connectivity index (χ0n) is 12.4. The summed E-state index contributed by atoms with van der Waals surface area (Å²) in [7, 11) is 3.23. The van der Waals surface area contributed by atoms with Crippen LogP contribution < -0.4 is 5.73 Å². The Morgan fingerprint density at radius 3 is 1.95 bits per heavy atom. The molecule has 20 heavy (non-hydrogen) atoms. The van der Waals surface area contributed by atoms with Crippen LogP contribution in [0.1, 0.15) is 26.2 Å². The second-order valence-electron chi connectivity index (χ2n) is 5.62. The molecule has 4 nitrogen and oxygen atoms in total. The van der Waals surface area contributed by atoms with Crippen LogP contribution >= 0.6 is 0 Å². The van der Waals surface area contributed by atoms with Crippen molar-refractivity contribution < 1.29 is 22.6 Å². The van der Waals surface area contributed by atoms with Crippen LogP contribution in [0.4, 0.5) is 13.2 Å². The molecule has 0 amide bonds. The third-order valence-electron chi connectivity index (χ3n) is 4.20. The van der Waals surface area contributed by atoms with Gasteiger partial charge in [0, 0.05) is 45.8 Å². The van der Waals surface area contributed by atoms with E-state index in [0.717, 1.165) is 0 Å². The second-order valence-corrected chi connectivity index (χ2v) is 5.62. The zero-order valence-corrected chi connectivity index (χ0v) is 12.4. The fraction of sp³-hybridized carbons (Fsp3) is 1.00. The molecule has 1 fully saturated rings. The Labute approximate surface area is 118 Å². The zero-order chi connectivity index (χ0) is 15.4. The van der Waals surface area contributed by atoms with E-state index in [9.17, 15) is 13.2 Å². The van der Waals surface area contributed by atoms with E-state index in [1.165, 1.54) is 0 Å². The fourth-order valence-corrected chi connectivity index (χ4v) is 2.70. The van der Waals surface area contributed by atoms with E-state index in [4.69, 9.17) is 15.2 Å². The maximum Gasteiger partial charge on any atom is 0.389 e. The fourth-order valence-electron chi connectivity index (χ4n) is 2.70. The number of nitrogens with two attached hydrogens (primary N) is 1. The summed E-state index contributed by atoms with van der Waals surface area (Å²) in [5.74, 6) is 0. The van der Waals surface area contributed by atoms with Crippen LogP contribution in [0.25, 0.3) is 0 Å². The van der Waals surface area contributed by atoms with E-state index in [1.54, 1.807) is 14.2 Å². The lowest BCUT2D eigenvalue weighted by Crippen LogP contribution is -2.51. The number of ether oxygens (including phenoxy) is 2. The molecule has 120 valence electrons. The van der Waals surface area contributed by atoms with Gasteiger partial charge in [-0.3, -0.25) is 4.90 Å². The molecule has 0 aromatic rings. The molecule has 7 heteroatoms. The minimum absolute atomic E-state index is 0.0616. The lowest BCUT2D eigenvalue weighted by molar-refractivity contribution is -0.136. The number of hydrogen-bond donors (Lipinski definition) is 1. The third kappa shape index (κ3) is 4.58. The molecule has 0 bridgehead atoms. The highest BCUT2D eigenvalue weighted by Gasteiger charge is 2.42. The molecule has 0 radical (unpaired) electrons. The number of rotatable bonds is 7. The Hall–Kier alpha value is -0.370. The predicted molar refractivity (Wildman–Crippen MR) is 70.5 cm³/mol. The van der Waals surface area contributed by atoms with Gasteiger partial charge in [0.2, 0.25) is 0 Å². The molecule has 1 heterocycles. The van der Waals surface area contributed by atoms with Crippen molar-refractivity contribution in [1.82, 2.24) is 4.90 Å². The molecule has 2 N–H and O–H groups in total. The quantitative estimate of drug-likeness (QED) is 0.778. The van der Waals surface area contributed by atoms with Crippen molar-refractivity contribution >= 4 is 0 Å². The Bertz CT molecular complexity index is 290. The van der Waals surface area contributed by atoms with Crippen LogP contribution in [-0.2, 0) is 9.47 Å². The number of alkyl halides is 3. The summed E-state index contributed by atoms with van der Waals surface area (Å²) in [4.78, 5) is 2.09. The monoisotopic (exact) mass is 298 g/mol. The smallest absolute Gasteiger partial charge is 0.377 e. The SMILES string of the molecule is COC1CN(C(C)(CN)CCCC(F)(F)F)CC1OC. The minimum atomic E-state index is -4.11. The average molecular weight is 298 g/mol. The van der Waals surface area contributed by atoms with Gasteiger partial charge in [0.25, 0.3) is 0 Å². The van der Waals surface area contributed by atoms with E-state index in [2.05, 4.69) is 4.90 Å². The third-order valence-corrected chi connectivity index (χ3v) is 4.20. The van der Waals surface area contributed by atoms with Gasteiger partial charge >= 0.3 is 6.18 Å². The number of halogens is 3. The highest BCUT2D eigenvalue weighted by atomic mass is 19.4. The Morgan fingerprint density at radius 1 is 1.10 bits per heavy atom. The molecule has 0 spiro atoms. The molecular weight excluding hydrogens is 273 g/mol. The first-order valence-corrected chi connectivity index (χ1v) is 6.83. The average Bonchev–Trinajstić information content (AvgIpc) is 2.80. The first kappa shape index (κ1) is 17.7. The van der Waals surface area contributed by atoms with E-state index in [1.807, 2.05) is 6.92 Å². The molecular formula is C13H25F3N2O2. The molecule has 0 aromatic heterocycles. The summed E-state index contributed by atoms with van der Waals surface area (Å²) in [5, 5.41) is 0. The summed E-state index contributed by atoms with van der Waals surface area (Å²) >= 11 is 0. The van der Waals surface area contributed by atoms with Gasteiger partial charge in [-0.25, -0.2) is 0 Å². The molecule has 3 unspecified atom stereocenters. The van der Waals surface area contributed by atoms with Gasteiger partial charge < -0.3 is 15.2 Å². The molecule has 1 aliphatic rings. The normalized spacial score (nSPS) is 27.8. The van der Waals surface area contributed by atoms with Crippen molar-refractivity contribution in [3.63, 3.8) is 0 Å². The maximum absolute atomic E-state index is 12.3. The maximum atomic E-state index is 12.3. The molecule has 1 saturated heterocycles. The topological polar surface area (TPSA) is 47.7 Å². The van der Waals surface area contributed by atoms with Crippen molar-refractivity contribution in [1.29, 1.82) is 0 Å². The van der Waals surface area contributed by atoms with Crippen LogP contribution in [0, 0.1) is 0 Å². The highest BCUT2D eigenvalue weighted by Crippen LogP contribution is 2.30. The van der Waals surface area contributed by atoms with Gasteiger partial charge in [-0.05, 0) is 19.8 Å². The van der Waals surface area contributed by atoms with Gasteiger partial charge in [0.05, 0.1) is 12.2 Å². The summed E-state index contributed by atoms with van der Waals surface area (Å²) in [6.45, 7) is 3.50. The van der Waals surface area contributed by atoms with Crippen molar-refractivity contribution in [2.75, 3.05) is 33.9 Å². The Morgan fingerprint density at radius 2 is 1.60 bits per heavy atom. The molecule has 0 saturated carbocycles. The molecule has 0 aromatic carbocycles. The Balaban J connectivity index is 2.60. The van der Waals surface area contributed by atoms with Crippen LogP contribution in [0.5, 0.6) is 0 Å². The molecule has 1 aliphatic heterocycles. The first-order valence-electron chi connectivity index (χ1n) is 6.83. The molecule has 3 atom stereocenters. The van der Waals surface area contributed by atoms with Gasteiger partial charge in [-0.1, -0.05) is 0 Å². The number of hydrogen-bond acceptors (Lipinski definition) is 4.